The number of nitrogens with zero attached hydrogens (tertiary/aromatic N) is 2. The quantitative estimate of drug-likeness (QED) is 0.545. The number of fused-ring (bicyclic) bond motifs is 1. The van der Waals surface area contributed by atoms with Gasteiger partial charge in [-0.25, -0.2) is 4.98 Å². The van der Waals surface area contributed by atoms with Crippen molar-refractivity contribution in [2.24, 2.45) is 0 Å². The average Bonchev–Trinajstić information content (AvgIpc) is 2.56. The third-order valence-electron chi connectivity index (χ3n) is 3.61. The third kappa shape index (κ3) is 3.05. The molecular weight excluding hydrogens is 308 g/mol. The van der Waals surface area contributed by atoms with Gasteiger partial charge in [0.05, 0.1) is 21.8 Å². The van der Waals surface area contributed by atoms with Crippen molar-refractivity contribution in [2.75, 3.05) is 0 Å². The fraction of sp³-hybridized carbons (Fsp3) is 0.167. The van der Waals surface area contributed by atoms with E-state index in [1.165, 1.54) is 11.8 Å². The molecule has 0 aliphatic heterocycles. The molecule has 1 aromatic heterocycles. The summed E-state index contributed by atoms with van der Waals surface area (Å²) >= 11 is 1.30. The summed E-state index contributed by atoms with van der Waals surface area (Å²) in [7, 11) is 0. The van der Waals surface area contributed by atoms with Crippen LogP contribution in [0.4, 0.5) is 0 Å². The molecule has 0 fully saturated rings. The van der Waals surface area contributed by atoms with E-state index < -0.39 is 0 Å². The van der Waals surface area contributed by atoms with E-state index >= 15 is 0 Å². The van der Waals surface area contributed by atoms with Crippen LogP contribution in [0.25, 0.3) is 16.6 Å². The van der Waals surface area contributed by atoms with Crippen molar-refractivity contribution in [2.45, 2.75) is 24.3 Å². The van der Waals surface area contributed by atoms with Crippen LogP contribution in [0, 0.1) is 0 Å². The Morgan fingerprint density at radius 3 is 2.43 bits per heavy atom. The first-order chi connectivity index (χ1) is 11.1. The van der Waals surface area contributed by atoms with E-state index in [-0.39, 0.29) is 16.6 Å². The predicted octanol–water partition coefficient (Wildman–Crippen LogP) is 3.46. The van der Waals surface area contributed by atoms with Crippen molar-refractivity contribution in [1.82, 2.24) is 9.55 Å². The molecule has 0 N–H and O–H groups in total. The maximum absolute atomic E-state index is 12.9. The minimum absolute atomic E-state index is 0.0528. The fourth-order valence-electron chi connectivity index (χ4n) is 2.24. The number of hydrogen-bond donors (Lipinski definition) is 0. The molecule has 2 aromatic carbocycles. The van der Waals surface area contributed by atoms with Crippen molar-refractivity contribution in [3.05, 3.63) is 65.0 Å². The lowest BCUT2D eigenvalue weighted by Gasteiger charge is -2.15. The lowest BCUT2D eigenvalue weighted by molar-refractivity contribution is -0.116. The average molecular weight is 324 g/mol. The SMILES string of the molecule is CC(=O)C(C)Sc1nc2ccccc2c(=O)n1-c1ccccc1. The zero-order valence-corrected chi connectivity index (χ0v) is 13.7. The Hall–Kier alpha value is -2.40. The first-order valence-corrected chi connectivity index (χ1v) is 8.20. The van der Waals surface area contributed by atoms with Crippen LogP contribution in [-0.2, 0) is 4.79 Å². The van der Waals surface area contributed by atoms with Crippen molar-refractivity contribution in [1.29, 1.82) is 0 Å². The lowest BCUT2D eigenvalue weighted by Crippen LogP contribution is -2.23. The molecule has 1 unspecified atom stereocenters. The zero-order valence-electron chi connectivity index (χ0n) is 12.9. The number of hydrogen-bond acceptors (Lipinski definition) is 4. The molecular formula is C18H16N2O2S. The van der Waals surface area contributed by atoms with E-state index in [9.17, 15) is 9.59 Å². The molecule has 5 heteroatoms. The lowest BCUT2D eigenvalue weighted by atomic mass is 10.2. The van der Waals surface area contributed by atoms with Gasteiger partial charge in [-0.05, 0) is 38.1 Å². The molecule has 0 saturated carbocycles. The van der Waals surface area contributed by atoms with Crippen molar-refractivity contribution in [3.63, 3.8) is 0 Å². The Kier molecular flexibility index (Phi) is 4.30. The van der Waals surface area contributed by atoms with Gasteiger partial charge in [0.25, 0.3) is 5.56 Å². The van der Waals surface area contributed by atoms with Gasteiger partial charge >= 0.3 is 0 Å². The van der Waals surface area contributed by atoms with E-state index in [0.717, 1.165) is 5.69 Å². The maximum atomic E-state index is 12.9. The molecule has 3 aromatic rings. The Labute approximate surface area is 138 Å². The highest BCUT2D eigenvalue weighted by atomic mass is 32.2. The molecule has 0 aliphatic rings. The second-order valence-electron chi connectivity index (χ2n) is 5.26. The minimum Gasteiger partial charge on any atom is -0.299 e. The summed E-state index contributed by atoms with van der Waals surface area (Å²) in [6.07, 6.45) is 0. The van der Waals surface area contributed by atoms with Crippen LogP contribution in [0.1, 0.15) is 13.8 Å². The molecule has 0 spiro atoms. The van der Waals surface area contributed by atoms with Crippen LogP contribution in [-0.4, -0.2) is 20.6 Å². The largest absolute Gasteiger partial charge is 0.299 e. The summed E-state index contributed by atoms with van der Waals surface area (Å²) in [5.74, 6) is 0.0528. The van der Waals surface area contributed by atoms with Gasteiger partial charge in [-0.15, -0.1) is 0 Å². The maximum Gasteiger partial charge on any atom is 0.266 e. The number of para-hydroxylation sites is 2. The second kappa shape index (κ2) is 6.38. The zero-order chi connectivity index (χ0) is 16.4. The summed E-state index contributed by atoms with van der Waals surface area (Å²) in [5.41, 5.74) is 1.26. The minimum atomic E-state index is -0.266. The molecule has 1 atom stereocenters. The van der Waals surface area contributed by atoms with E-state index in [1.54, 1.807) is 17.6 Å². The number of rotatable bonds is 4. The van der Waals surface area contributed by atoms with Crippen LogP contribution in [0.3, 0.4) is 0 Å². The van der Waals surface area contributed by atoms with Crippen LogP contribution in [0.15, 0.2) is 64.5 Å². The molecule has 116 valence electrons. The van der Waals surface area contributed by atoms with Gasteiger partial charge in [-0.2, -0.15) is 0 Å². The first kappa shape index (κ1) is 15.5. The summed E-state index contributed by atoms with van der Waals surface area (Å²) in [5, 5.41) is 0.830. The molecule has 0 aliphatic carbocycles. The van der Waals surface area contributed by atoms with Crippen LogP contribution in [0.5, 0.6) is 0 Å². The number of ketones is 1. The highest BCUT2D eigenvalue weighted by Gasteiger charge is 2.17. The van der Waals surface area contributed by atoms with E-state index in [0.29, 0.717) is 16.1 Å². The molecule has 0 radical (unpaired) electrons. The number of carbonyl (C=O) groups is 1. The van der Waals surface area contributed by atoms with E-state index in [2.05, 4.69) is 4.98 Å². The van der Waals surface area contributed by atoms with Gasteiger partial charge in [0.2, 0.25) is 0 Å². The summed E-state index contributed by atoms with van der Waals surface area (Å²) < 4.78 is 1.58. The second-order valence-corrected chi connectivity index (χ2v) is 6.57. The normalized spacial score (nSPS) is 12.3. The smallest absolute Gasteiger partial charge is 0.266 e. The van der Waals surface area contributed by atoms with Gasteiger partial charge in [-0.1, -0.05) is 42.1 Å². The Morgan fingerprint density at radius 1 is 1.09 bits per heavy atom. The molecule has 3 rings (SSSR count). The van der Waals surface area contributed by atoms with Crippen molar-refractivity contribution < 1.29 is 4.79 Å². The molecule has 23 heavy (non-hydrogen) atoms. The van der Waals surface area contributed by atoms with Crippen LogP contribution < -0.4 is 5.56 Å². The Balaban J connectivity index is 2.28. The van der Waals surface area contributed by atoms with Gasteiger partial charge in [0.1, 0.15) is 5.78 Å². The summed E-state index contributed by atoms with van der Waals surface area (Å²) in [6, 6.07) is 16.6. The third-order valence-corrected chi connectivity index (χ3v) is 4.78. The fourth-order valence-corrected chi connectivity index (χ4v) is 3.16. The van der Waals surface area contributed by atoms with Gasteiger partial charge in [0.15, 0.2) is 5.16 Å². The van der Waals surface area contributed by atoms with Crippen LogP contribution >= 0.6 is 11.8 Å². The van der Waals surface area contributed by atoms with Gasteiger partial charge in [0, 0.05) is 0 Å². The molecule has 0 amide bonds. The molecule has 0 saturated heterocycles. The van der Waals surface area contributed by atoms with E-state index in [1.807, 2.05) is 55.5 Å². The monoisotopic (exact) mass is 324 g/mol. The highest BCUT2D eigenvalue weighted by Crippen LogP contribution is 2.25. The van der Waals surface area contributed by atoms with Crippen molar-refractivity contribution >= 4 is 28.4 Å². The highest BCUT2D eigenvalue weighted by molar-refractivity contribution is 8.00. The van der Waals surface area contributed by atoms with Crippen LogP contribution in [0.2, 0.25) is 0 Å². The van der Waals surface area contributed by atoms with Gasteiger partial charge < -0.3 is 0 Å². The number of Topliss-reactive ketones (excluding diaryl/α,β-unsaturated/α-hetero) is 1. The van der Waals surface area contributed by atoms with E-state index in [4.69, 9.17) is 0 Å². The topological polar surface area (TPSA) is 52.0 Å². The summed E-state index contributed by atoms with van der Waals surface area (Å²) in [6.45, 7) is 3.37. The predicted molar refractivity (Wildman–Crippen MR) is 93.3 cm³/mol. The Bertz CT molecular complexity index is 919. The molecule has 0 bridgehead atoms. The Morgan fingerprint density at radius 2 is 1.74 bits per heavy atom. The standard InChI is InChI=1S/C18H16N2O2S/c1-12(21)13(2)23-18-19-16-11-7-6-10-15(16)17(22)20(18)14-8-4-3-5-9-14/h3-11,13H,1-2H3. The molecule has 1 heterocycles. The summed E-state index contributed by atoms with van der Waals surface area (Å²) in [4.78, 5) is 29.1. The number of carbonyl (C=O) groups excluding carboxylic acids is 1. The number of aromatic nitrogens is 2. The number of thioether (sulfide) groups is 1. The van der Waals surface area contributed by atoms with Crippen molar-refractivity contribution in [3.8, 4) is 5.69 Å². The van der Waals surface area contributed by atoms with Gasteiger partial charge in [-0.3, -0.25) is 14.2 Å². The molecule has 4 nitrogen and oxygen atoms in total. The number of benzene rings is 2. The first-order valence-electron chi connectivity index (χ1n) is 7.32.